The molecule has 1 saturated heterocycles. The molecule has 5 heteroatoms. The minimum absolute atomic E-state index is 0.206. The summed E-state index contributed by atoms with van der Waals surface area (Å²) in [6.07, 6.45) is 2.29. The third kappa shape index (κ3) is 4.22. The van der Waals surface area contributed by atoms with Crippen LogP contribution in [0.2, 0.25) is 0 Å². The van der Waals surface area contributed by atoms with Gasteiger partial charge in [-0.15, -0.1) is 0 Å². The van der Waals surface area contributed by atoms with Crippen LogP contribution in [0.5, 0.6) is 0 Å². The molecule has 1 fully saturated rings. The fourth-order valence-electron chi connectivity index (χ4n) is 3.08. The van der Waals surface area contributed by atoms with Gasteiger partial charge in [-0.3, -0.25) is 0 Å². The van der Waals surface area contributed by atoms with Gasteiger partial charge in [0.15, 0.2) is 11.6 Å². The van der Waals surface area contributed by atoms with E-state index in [0.29, 0.717) is 18.0 Å². The summed E-state index contributed by atoms with van der Waals surface area (Å²) in [7, 11) is 3.50. The average molecular weight is 298 g/mol. The van der Waals surface area contributed by atoms with Gasteiger partial charge in [-0.1, -0.05) is 12.1 Å². The van der Waals surface area contributed by atoms with E-state index in [9.17, 15) is 8.78 Å². The van der Waals surface area contributed by atoms with Crippen LogP contribution in [-0.4, -0.2) is 45.3 Å². The number of likely N-dealkylation sites (tertiary alicyclic amines) is 1. The SMILES string of the molecule is CNC(CN1CCCC(COC)C1)c1cccc(F)c1F. The molecule has 0 bridgehead atoms. The number of nitrogens with one attached hydrogen (secondary N) is 1. The number of methoxy groups -OCH3 is 1. The van der Waals surface area contributed by atoms with Crippen molar-refractivity contribution in [1.29, 1.82) is 0 Å². The lowest BCUT2D eigenvalue weighted by Crippen LogP contribution is -2.41. The lowest BCUT2D eigenvalue weighted by molar-refractivity contribution is 0.0859. The summed E-state index contributed by atoms with van der Waals surface area (Å²) in [6, 6.07) is 4.15. The molecule has 1 heterocycles. The molecule has 2 atom stereocenters. The van der Waals surface area contributed by atoms with Crippen molar-refractivity contribution in [3.63, 3.8) is 0 Å². The monoisotopic (exact) mass is 298 g/mol. The lowest BCUT2D eigenvalue weighted by atomic mass is 9.97. The molecule has 2 unspecified atom stereocenters. The number of hydrogen-bond donors (Lipinski definition) is 1. The summed E-state index contributed by atoms with van der Waals surface area (Å²) in [5.41, 5.74) is 0.395. The maximum Gasteiger partial charge on any atom is 0.163 e. The maximum atomic E-state index is 13.9. The Hall–Kier alpha value is -1.04. The molecule has 0 amide bonds. The molecular formula is C16H24F2N2O. The quantitative estimate of drug-likeness (QED) is 0.873. The van der Waals surface area contributed by atoms with E-state index < -0.39 is 11.6 Å². The summed E-state index contributed by atoms with van der Waals surface area (Å²) in [5, 5.41) is 3.10. The summed E-state index contributed by atoms with van der Waals surface area (Å²) < 4.78 is 32.5. The molecule has 1 N–H and O–H groups in total. The molecule has 0 radical (unpaired) electrons. The summed E-state index contributed by atoms with van der Waals surface area (Å²) in [4.78, 5) is 2.30. The highest BCUT2D eigenvalue weighted by molar-refractivity contribution is 5.23. The Morgan fingerprint density at radius 2 is 2.24 bits per heavy atom. The highest BCUT2D eigenvalue weighted by atomic mass is 19.2. The van der Waals surface area contributed by atoms with E-state index in [2.05, 4.69) is 10.2 Å². The molecule has 118 valence electrons. The first-order chi connectivity index (χ1) is 10.2. The van der Waals surface area contributed by atoms with Crippen LogP contribution in [0.3, 0.4) is 0 Å². The summed E-state index contributed by atoms with van der Waals surface area (Å²) in [5.74, 6) is -1.01. The van der Waals surface area contributed by atoms with Crippen LogP contribution < -0.4 is 5.32 Å². The number of rotatable bonds is 6. The van der Waals surface area contributed by atoms with E-state index in [1.165, 1.54) is 6.42 Å². The molecule has 21 heavy (non-hydrogen) atoms. The van der Waals surface area contributed by atoms with Gasteiger partial charge in [-0.25, -0.2) is 8.78 Å². The third-order valence-corrected chi connectivity index (χ3v) is 4.15. The zero-order valence-electron chi connectivity index (χ0n) is 12.7. The molecule has 2 rings (SSSR count). The van der Waals surface area contributed by atoms with Crippen molar-refractivity contribution in [2.45, 2.75) is 18.9 Å². The number of hydrogen-bond acceptors (Lipinski definition) is 3. The van der Waals surface area contributed by atoms with Crippen molar-refractivity contribution in [2.24, 2.45) is 5.92 Å². The Balaban J connectivity index is 2.03. The fourth-order valence-corrected chi connectivity index (χ4v) is 3.08. The molecule has 0 aliphatic carbocycles. The standard InChI is InChI=1S/C16H24F2N2O/c1-19-15(13-6-3-7-14(17)16(13)18)10-20-8-4-5-12(9-20)11-21-2/h3,6-7,12,15,19H,4-5,8-11H2,1-2H3. The summed E-state index contributed by atoms with van der Waals surface area (Å²) >= 11 is 0. The molecule has 1 aliphatic heterocycles. The van der Waals surface area contributed by atoms with Gasteiger partial charge < -0.3 is 15.0 Å². The first kappa shape index (κ1) is 16.3. The van der Waals surface area contributed by atoms with Crippen LogP contribution >= 0.6 is 0 Å². The van der Waals surface area contributed by atoms with Gasteiger partial charge in [0.1, 0.15) is 0 Å². The summed E-state index contributed by atoms with van der Waals surface area (Å²) in [6.45, 7) is 3.38. The Bertz CT molecular complexity index is 454. The van der Waals surface area contributed by atoms with E-state index in [-0.39, 0.29) is 6.04 Å². The van der Waals surface area contributed by atoms with Crippen LogP contribution in [0.1, 0.15) is 24.4 Å². The molecule has 0 aromatic heterocycles. The Kier molecular flexibility index (Phi) is 6.08. The second kappa shape index (κ2) is 7.82. The maximum absolute atomic E-state index is 13.9. The van der Waals surface area contributed by atoms with Gasteiger partial charge in [0.2, 0.25) is 0 Å². The van der Waals surface area contributed by atoms with Crippen molar-refractivity contribution in [3.8, 4) is 0 Å². The number of nitrogens with zero attached hydrogens (tertiary/aromatic N) is 1. The zero-order valence-corrected chi connectivity index (χ0v) is 12.7. The van der Waals surface area contributed by atoms with Crippen molar-refractivity contribution < 1.29 is 13.5 Å². The fraction of sp³-hybridized carbons (Fsp3) is 0.625. The van der Waals surface area contributed by atoms with E-state index >= 15 is 0 Å². The average Bonchev–Trinajstić information content (AvgIpc) is 2.49. The topological polar surface area (TPSA) is 24.5 Å². The first-order valence-corrected chi connectivity index (χ1v) is 7.48. The van der Waals surface area contributed by atoms with Crippen LogP contribution in [-0.2, 0) is 4.74 Å². The van der Waals surface area contributed by atoms with Crippen LogP contribution in [0.15, 0.2) is 18.2 Å². The van der Waals surface area contributed by atoms with E-state index in [0.717, 1.165) is 32.2 Å². The number of likely N-dealkylation sites (N-methyl/N-ethyl adjacent to an activating group) is 1. The van der Waals surface area contributed by atoms with E-state index in [1.807, 2.05) is 0 Å². The molecule has 0 saturated carbocycles. The highest BCUT2D eigenvalue weighted by Crippen LogP contribution is 2.23. The van der Waals surface area contributed by atoms with Crippen molar-refractivity contribution in [1.82, 2.24) is 10.2 Å². The second-order valence-corrected chi connectivity index (χ2v) is 5.71. The van der Waals surface area contributed by atoms with Gasteiger partial charge in [-0.05, 0) is 38.4 Å². The normalized spacial score (nSPS) is 21.4. The van der Waals surface area contributed by atoms with E-state index in [1.54, 1.807) is 26.3 Å². The van der Waals surface area contributed by atoms with Gasteiger partial charge in [0.25, 0.3) is 0 Å². The van der Waals surface area contributed by atoms with Crippen molar-refractivity contribution in [2.75, 3.05) is 40.4 Å². The first-order valence-electron chi connectivity index (χ1n) is 7.48. The Morgan fingerprint density at radius 1 is 1.43 bits per heavy atom. The molecule has 3 nitrogen and oxygen atoms in total. The third-order valence-electron chi connectivity index (χ3n) is 4.15. The minimum atomic E-state index is -0.788. The minimum Gasteiger partial charge on any atom is -0.384 e. The predicted octanol–water partition coefficient (Wildman–Crippen LogP) is 2.58. The van der Waals surface area contributed by atoms with Crippen molar-refractivity contribution in [3.05, 3.63) is 35.4 Å². The Labute approximate surface area is 125 Å². The molecule has 1 aliphatic rings. The molecular weight excluding hydrogens is 274 g/mol. The number of benzene rings is 1. The zero-order chi connectivity index (χ0) is 15.2. The highest BCUT2D eigenvalue weighted by Gasteiger charge is 2.24. The number of ether oxygens (including phenoxy) is 1. The second-order valence-electron chi connectivity index (χ2n) is 5.71. The van der Waals surface area contributed by atoms with Crippen LogP contribution in [0.25, 0.3) is 0 Å². The largest absolute Gasteiger partial charge is 0.384 e. The van der Waals surface area contributed by atoms with E-state index in [4.69, 9.17) is 4.74 Å². The van der Waals surface area contributed by atoms with Crippen LogP contribution in [0, 0.1) is 17.6 Å². The number of piperidine rings is 1. The van der Waals surface area contributed by atoms with Gasteiger partial charge in [0.05, 0.1) is 6.61 Å². The van der Waals surface area contributed by atoms with Gasteiger partial charge in [0, 0.05) is 31.8 Å². The van der Waals surface area contributed by atoms with Gasteiger partial charge in [-0.2, -0.15) is 0 Å². The van der Waals surface area contributed by atoms with Crippen molar-refractivity contribution >= 4 is 0 Å². The Morgan fingerprint density at radius 3 is 2.95 bits per heavy atom. The molecule has 1 aromatic rings. The van der Waals surface area contributed by atoms with Crippen LogP contribution in [0.4, 0.5) is 8.78 Å². The van der Waals surface area contributed by atoms with Gasteiger partial charge >= 0.3 is 0 Å². The predicted molar refractivity (Wildman–Crippen MR) is 79.2 cm³/mol. The molecule has 1 aromatic carbocycles. The molecule has 0 spiro atoms. The smallest absolute Gasteiger partial charge is 0.163 e. The number of halogens is 2. The lowest BCUT2D eigenvalue weighted by Gasteiger charge is -2.34.